The zero-order valence-electron chi connectivity index (χ0n) is 10.4. The Morgan fingerprint density at radius 3 is 2.72 bits per heavy atom. The van der Waals surface area contributed by atoms with Gasteiger partial charge in [-0.3, -0.25) is 4.79 Å². The van der Waals surface area contributed by atoms with E-state index >= 15 is 0 Å². The van der Waals surface area contributed by atoms with Crippen LogP contribution in [0.15, 0.2) is 24.3 Å². The van der Waals surface area contributed by atoms with Crippen molar-refractivity contribution in [3.63, 3.8) is 0 Å². The van der Waals surface area contributed by atoms with Crippen LogP contribution in [-0.2, 0) is 4.79 Å². The minimum Gasteiger partial charge on any atom is -0.371 e. The van der Waals surface area contributed by atoms with Crippen LogP contribution in [-0.4, -0.2) is 24.1 Å². The number of anilines is 2. The number of thiocarbonyl (C=S) groups is 1. The van der Waals surface area contributed by atoms with Gasteiger partial charge in [-0.2, -0.15) is 0 Å². The molecule has 0 bridgehead atoms. The molecule has 0 radical (unpaired) electrons. The van der Waals surface area contributed by atoms with E-state index in [9.17, 15) is 4.79 Å². The SMILES string of the molecule is CC(=O)NC(=S)Nc1cccc(N2CCCC2)c1. The number of nitrogens with one attached hydrogen (secondary N) is 2. The summed E-state index contributed by atoms with van der Waals surface area (Å²) in [6, 6.07) is 8.08. The van der Waals surface area contributed by atoms with Crippen LogP contribution in [0.25, 0.3) is 0 Å². The van der Waals surface area contributed by atoms with Crippen LogP contribution >= 0.6 is 12.2 Å². The van der Waals surface area contributed by atoms with Gasteiger partial charge in [-0.1, -0.05) is 6.07 Å². The Hall–Kier alpha value is -1.62. The Labute approximate surface area is 112 Å². The van der Waals surface area contributed by atoms with E-state index < -0.39 is 0 Å². The van der Waals surface area contributed by atoms with Gasteiger partial charge in [0.2, 0.25) is 5.91 Å². The maximum absolute atomic E-state index is 10.9. The molecule has 1 aliphatic heterocycles. The molecule has 0 saturated carbocycles. The van der Waals surface area contributed by atoms with Crippen molar-refractivity contribution in [2.45, 2.75) is 19.8 Å². The molecular weight excluding hydrogens is 246 g/mol. The van der Waals surface area contributed by atoms with Crippen molar-refractivity contribution in [2.75, 3.05) is 23.3 Å². The smallest absolute Gasteiger partial charge is 0.222 e. The molecule has 1 saturated heterocycles. The number of amides is 1. The van der Waals surface area contributed by atoms with Crippen LogP contribution in [0.2, 0.25) is 0 Å². The van der Waals surface area contributed by atoms with Crippen LogP contribution in [0, 0.1) is 0 Å². The van der Waals surface area contributed by atoms with E-state index in [-0.39, 0.29) is 5.91 Å². The number of carbonyl (C=O) groups is 1. The average molecular weight is 263 g/mol. The molecule has 1 amide bonds. The van der Waals surface area contributed by atoms with Gasteiger partial charge in [-0.25, -0.2) is 0 Å². The molecule has 1 aromatic rings. The van der Waals surface area contributed by atoms with Crippen LogP contribution in [0.5, 0.6) is 0 Å². The van der Waals surface area contributed by atoms with E-state index in [0.29, 0.717) is 5.11 Å². The first-order chi connectivity index (χ1) is 8.65. The molecule has 1 heterocycles. The van der Waals surface area contributed by atoms with E-state index in [0.717, 1.165) is 18.8 Å². The summed E-state index contributed by atoms with van der Waals surface area (Å²) in [5.41, 5.74) is 2.10. The molecule has 96 valence electrons. The largest absolute Gasteiger partial charge is 0.371 e. The van der Waals surface area contributed by atoms with Gasteiger partial charge in [0, 0.05) is 31.4 Å². The van der Waals surface area contributed by atoms with E-state index in [2.05, 4.69) is 27.7 Å². The Morgan fingerprint density at radius 1 is 1.33 bits per heavy atom. The highest BCUT2D eigenvalue weighted by atomic mass is 32.1. The first-order valence-electron chi connectivity index (χ1n) is 6.09. The van der Waals surface area contributed by atoms with Crippen molar-refractivity contribution < 1.29 is 4.79 Å². The zero-order valence-corrected chi connectivity index (χ0v) is 11.2. The summed E-state index contributed by atoms with van der Waals surface area (Å²) in [5, 5.41) is 5.89. The Bertz CT molecular complexity index is 455. The highest BCUT2D eigenvalue weighted by Gasteiger charge is 2.12. The average Bonchev–Trinajstić information content (AvgIpc) is 2.81. The Kier molecular flexibility index (Phi) is 4.15. The predicted octanol–water partition coefficient (Wildman–Crippen LogP) is 2.12. The van der Waals surface area contributed by atoms with Gasteiger partial charge in [0.1, 0.15) is 0 Å². The molecule has 4 nitrogen and oxygen atoms in total. The molecule has 2 rings (SSSR count). The van der Waals surface area contributed by atoms with Crippen LogP contribution in [0.3, 0.4) is 0 Å². The highest BCUT2D eigenvalue weighted by Crippen LogP contribution is 2.23. The van der Waals surface area contributed by atoms with E-state index in [1.165, 1.54) is 25.5 Å². The maximum Gasteiger partial charge on any atom is 0.222 e. The molecule has 1 aromatic carbocycles. The quantitative estimate of drug-likeness (QED) is 0.802. The normalized spacial score (nSPS) is 14.4. The number of rotatable bonds is 2. The number of benzene rings is 1. The lowest BCUT2D eigenvalue weighted by molar-refractivity contribution is -0.117. The monoisotopic (exact) mass is 263 g/mol. The summed E-state index contributed by atoms with van der Waals surface area (Å²) in [6.45, 7) is 3.66. The molecular formula is C13H17N3OS. The number of nitrogens with zero attached hydrogens (tertiary/aromatic N) is 1. The van der Waals surface area contributed by atoms with Crippen molar-refractivity contribution in [3.05, 3.63) is 24.3 Å². The fourth-order valence-corrected chi connectivity index (χ4v) is 2.34. The van der Waals surface area contributed by atoms with Crippen LogP contribution in [0.1, 0.15) is 19.8 Å². The fraction of sp³-hybridized carbons (Fsp3) is 0.385. The summed E-state index contributed by atoms with van der Waals surface area (Å²) in [6.07, 6.45) is 2.50. The lowest BCUT2D eigenvalue weighted by atomic mass is 10.2. The lowest BCUT2D eigenvalue weighted by Gasteiger charge is -2.18. The van der Waals surface area contributed by atoms with Crippen molar-refractivity contribution in [1.29, 1.82) is 0 Å². The zero-order chi connectivity index (χ0) is 13.0. The van der Waals surface area contributed by atoms with Crippen molar-refractivity contribution in [1.82, 2.24) is 5.32 Å². The Morgan fingerprint density at radius 2 is 2.06 bits per heavy atom. The second-order valence-corrected chi connectivity index (χ2v) is 4.79. The predicted molar refractivity (Wildman–Crippen MR) is 77.9 cm³/mol. The fourth-order valence-electron chi connectivity index (χ4n) is 2.08. The van der Waals surface area contributed by atoms with Gasteiger partial charge in [0.05, 0.1) is 0 Å². The minimum absolute atomic E-state index is 0.164. The van der Waals surface area contributed by atoms with Gasteiger partial charge in [0.25, 0.3) is 0 Å². The lowest BCUT2D eigenvalue weighted by Crippen LogP contribution is -2.32. The molecule has 18 heavy (non-hydrogen) atoms. The van der Waals surface area contributed by atoms with Crippen molar-refractivity contribution in [3.8, 4) is 0 Å². The van der Waals surface area contributed by atoms with Gasteiger partial charge >= 0.3 is 0 Å². The van der Waals surface area contributed by atoms with E-state index in [1.54, 1.807) is 0 Å². The first-order valence-corrected chi connectivity index (χ1v) is 6.49. The molecule has 0 aromatic heterocycles. The minimum atomic E-state index is -0.164. The summed E-state index contributed by atoms with van der Waals surface area (Å²) in [7, 11) is 0. The topological polar surface area (TPSA) is 44.4 Å². The number of hydrogen-bond acceptors (Lipinski definition) is 3. The third-order valence-corrected chi connectivity index (χ3v) is 3.07. The molecule has 2 N–H and O–H groups in total. The molecule has 1 fully saturated rings. The number of hydrogen-bond donors (Lipinski definition) is 2. The second kappa shape index (κ2) is 5.82. The van der Waals surface area contributed by atoms with Crippen LogP contribution in [0.4, 0.5) is 11.4 Å². The van der Waals surface area contributed by atoms with Gasteiger partial charge in [0.15, 0.2) is 5.11 Å². The summed E-state index contributed by atoms with van der Waals surface area (Å²) < 4.78 is 0. The van der Waals surface area contributed by atoms with E-state index in [1.807, 2.05) is 12.1 Å². The Balaban J connectivity index is 2.02. The molecule has 0 spiro atoms. The number of carbonyl (C=O) groups excluding carboxylic acids is 1. The second-order valence-electron chi connectivity index (χ2n) is 4.38. The summed E-state index contributed by atoms with van der Waals surface area (Å²) >= 11 is 5.03. The third-order valence-electron chi connectivity index (χ3n) is 2.86. The molecule has 0 unspecified atom stereocenters. The third kappa shape index (κ3) is 3.43. The molecule has 0 atom stereocenters. The standard InChI is InChI=1S/C13H17N3OS/c1-10(17)14-13(18)15-11-5-4-6-12(9-11)16-7-2-3-8-16/h4-6,9H,2-3,7-8H2,1H3,(H2,14,15,17,18). The summed E-state index contributed by atoms with van der Waals surface area (Å²) in [4.78, 5) is 13.2. The molecule has 0 aliphatic carbocycles. The highest BCUT2D eigenvalue weighted by molar-refractivity contribution is 7.80. The molecule has 1 aliphatic rings. The van der Waals surface area contributed by atoms with Gasteiger partial charge in [-0.15, -0.1) is 0 Å². The van der Waals surface area contributed by atoms with Gasteiger partial charge in [-0.05, 0) is 43.3 Å². The van der Waals surface area contributed by atoms with Crippen molar-refractivity contribution >= 4 is 34.6 Å². The first kappa shape index (κ1) is 12.8. The van der Waals surface area contributed by atoms with Crippen molar-refractivity contribution in [2.24, 2.45) is 0 Å². The van der Waals surface area contributed by atoms with E-state index in [4.69, 9.17) is 12.2 Å². The summed E-state index contributed by atoms with van der Waals surface area (Å²) in [5.74, 6) is -0.164. The van der Waals surface area contributed by atoms with Crippen LogP contribution < -0.4 is 15.5 Å². The maximum atomic E-state index is 10.9. The molecule has 5 heteroatoms. The van der Waals surface area contributed by atoms with Gasteiger partial charge < -0.3 is 15.5 Å².